The molecule has 0 radical (unpaired) electrons. The van der Waals surface area contributed by atoms with Gasteiger partial charge in [0.05, 0.1) is 6.54 Å². The number of amides is 4. The van der Waals surface area contributed by atoms with Gasteiger partial charge >= 0.3 is 6.03 Å². The molecule has 27 heavy (non-hydrogen) atoms. The highest BCUT2D eigenvalue weighted by molar-refractivity contribution is 5.91. The largest absolute Gasteiger partial charge is 0.338 e. The number of benzene rings is 1. The van der Waals surface area contributed by atoms with Gasteiger partial charge in [-0.3, -0.25) is 9.59 Å². The minimum Gasteiger partial charge on any atom is -0.338 e. The number of piperazine rings is 1. The summed E-state index contributed by atoms with van der Waals surface area (Å²) in [7, 11) is 1.78. The average Bonchev–Trinajstić information content (AvgIpc) is 2.71. The standard InChI is InChI=1S/C20H28N4O3/c1-4-18(25)22(5-2)16-19(26)23-11-13-24(14-12-23)20(27)21(3)15-17-9-7-6-8-10-17/h4,6-10H,1,5,11-16H2,2-3H3. The number of urea groups is 1. The molecule has 0 N–H and O–H groups in total. The Labute approximate surface area is 160 Å². The first kappa shape index (κ1) is 20.5. The highest BCUT2D eigenvalue weighted by Gasteiger charge is 2.27. The Bertz CT molecular complexity index is 669. The van der Waals surface area contributed by atoms with E-state index in [1.807, 2.05) is 37.3 Å². The summed E-state index contributed by atoms with van der Waals surface area (Å²) in [6.07, 6.45) is 1.22. The fourth-order valence-electron chi connectivity index (χ4n) is 3.05. The monoisotopic (exact) mass is 372 g/mol. The number of hydrogen-bond acceptors (Lipinski definition) is 3. The van der Waals surface area contributed by atoms with Crippen LogP contribution in [0.15, 0.2) is 43.0 Å². The smallest absolute Gasteiger partial charge is 0.320 e. The molecule has 0 atom stereocenters. The first-order valence-corrected chi connectivity index (χ1v) is 9.19. The van der Waals surface area contributed by atoms with Crippen molar-refractivity contribution in [2.24, 2.45) is 0 Å². The summed E-state index contributed by atoms with van der Waals surface area (Å²) in [6, 6.07) is 9.80. The lowest BCUT2D eigenvalue weighted by molar-refractivity contribution is -0.139. The number of rotatable bonds is 6. The van der Waals surface area contributed by atoms with Gasteiger partial charge < -0.3 is 19.6 Å². The molecule has 0 bridgehead atoms. The van der Waals surface area contributed by atoms with Crippen molar-refractivity contribution >= 4 is 17.8 Å². The fourth-order valence-corrected chi connectivity index (χ4v) is 3.05. The van der Waals surface area contributed by atoms with E-state index in [2.05, 4.69) is 6.58 Å². The Balaban J connectivity index is 1.83. The van der Waals surface area contributed by atoms with Gasteiger partial charge in [-0.1, -0.05) is 36.9 Å². The predicted octanol–water partition coefficient (Wildman–Crippen LogP) is 1.42. The molecular formula is C20H28N4O3. The Morgan fingerprint density at radius 1 is 1.07 bits per heavy atom. The van der Waals surface area contributed by atoms with Gasteiger partial charge in [0, 0.05) is 46.3 Å². The molecule has 2 rings (SSSR count). The van der Waals surface area contributed by atoms with Crippen LogP contribution in [0.5, 0.6) is 0 Å². The molecule has 0 saturated carbocycles. The molecule has 1 heterocycles. The zero-order chi connectivity index (χ0) is 19.8. The molecule has 7 nitrogen and oxygen atoms in total. The van der Waals surface area contributed by atoms with Crippen molar-refractivity contribution in [2.45, 2.75) is 13.5 Å². The quantitative estimate of drug-likeness (QED) is 0.710. The third-order valence-corrected chi connectivity index (χ3v) is 4.69. The molecular weight excluding hydrogens is 344 g/mol. The molecule has 0 unspecified atom stereocenters. The number of carbonyl (C=O) groups is 3. The van der Waals surface area contributed by atoms with Crippen molar-refractivity contribution in [3.8, 4) is 0 Å². The highest BCUT2D eigenvalue weighted by atomic mass is 16.2. The summed E-state index contributed by atoms with van der Waals surface area (Å²) in [4.78, 5) is 43.4. The second-order valence-electron chi connectivity index (χ2n) is 6.55. The molecule has 146 valence electrons. The van der Waals surface area contributed by atoms with Crippen LogP contribution in [0.4, 0.5) is 4.79 Å². The van der Waals surface area contributed by atoms with E-state index < -0.39 is 0 Å². The van der Waals surface area contributed by atoms with E-state index in [1.54, 1.807) is 21.7 Å². The molecule has 1 aliphatic rings. The maximum Gasteiger partial charge on any atom is 0.320 e. The van der Waals surface area contributed by atoms with Crippen LogP contribution in [0.2, 0.25) is 0 Å². The van der Waals surface area contributed by atoms with Crippen LogP contribution in [-0.2, 0) is 16.1 Å². The Morgan fingerprint density at radius 3 is 2.22 bits per heavy atom. The second-order valence-corrected chi connectivity index (χ2v) is 6.55. The van der Waals surface area contributed by atoms with Crippen molar-refractivity contribution < 1.29 is 14.4 Å². The van der Waals surface area contributed by atoms with E-state index in [9.17, 15) is 14.4 Å². The van der Waals surface area contributed by atoms with Gasteiger partial charge in [0.25, 0.3) is 0 Å². The van der Waals surface area contributed by atoms with Crippen molar-refractivity contribution in [3.05, 3.63) is 48.6 Å². The molecule has 0 aromatic heterocycles. The summed E-state index contributed by atoms with van der Waals surface area (Å²) in [5.74, 6) is -0.348. The van der Waals surface area contributed by atoms with Crippen LogP contribution in [0.25, 0.3) is 0 Å². The van der Waals surface area contributed by atoms with E-state index in [0.29, 0.717) is 39.3 Å². The van der Waals surface area contributed by atoms with Gasteiger partial charge in [0.15, 0.2) is 0 Å². The lowest BCUT2D eigenvalue weighted by Gasteiger charge is -2.37. The van der Waals surface area contributed by atoms with Gasteiger partial charge in [0.1, 0.15) is 0 Å². The van der Waals surface area contributed by atoms with Crippen molar-refractivity contribution in [1.82, 2.24) is 19.6 Å². The van der Waals surface area contributed by atoms with E-state index in [-0.39, 0.29) is 24.4 Å². The number of carbonyl (C=O) groups excluding carboxylic acids is 3. The lowest BCUT2D eigenvalue weighted by Crippen LogP contribution is -2.55. The Hall–Kier alpha value is -2.83. The van der Waals surface area contributed by atoms with E-state index in [4.69, 9.17) is 0 Å². The molecule has 7 heteroatoms. The number of nitrogens with zero attached hydrogens (tertiary/aromatic N) is 4. The lowest BCUT2D eigenvalue weighted by atomic mass is 10.2. The molecule has 4 amide bonds. The third-order valence-electron chi connectivity index (χ3n) is 4.69. The summed E-state index contributed by atoms with van der Waals surface area (Å²) in [6.45, 7) is 8.27. The van der Waals surface area contributed by atoms with Crippen molar-refractivity contribution in [1.29, 1.82) is 0 Å². The molecule has 0 aliphatic carbocycles. The zero-order valence-corrected chi connectivity index (χ0v) is 16.1. The first-order valence-electron chi connectivity index (χ1n) is 9.19. The van der Waals surface area contributed by atoms with Crippen LogP contribution in [0.1, 0.15) is 12.5 Å². The molecule has 0 spiro atoms. The van der Waals surface area contributed by atoms with Crippen LogP contribution in [0.3, 0.4) is 0 Å². The predicted molar refractivity (Wildman–Crippen MR) is 104 cm³/mol. The normalized spacial score (nSPS) is 13.9. The van der Waals surface area contributed by atoms with Crippen molar-refractivity contribution in [3.63, 3.8) is 0 Å². The summed E-state index contributed by atoms with van der Waals surface area (Å²) in [5, 5.41) is 0. The van der Waals surface area contributed by atoms with E-state index in [1.165, 1.54) is 11.0 Å². The van der Waals surface area contributed by atoms with Gasteiger partial charge in [-0.05, 0) is 18.6 Å². The van der Waals surface area contributed by atoms with Crippen LogP contribution < -0.4 is 0 Å². The highest BCUT2D eigenvalue weighted by Crippen LogP contribution is 2.09. The van der Waals surface area contributed by atoms with Gasteiger partial charge in [0.2, 0.25) is 11.8 Å². The topological polar surface area (TPSA) is 64.2 Å². The van der Waals surface area contributed by atoms with E-state index >= 15 is 0 Å². The van der Waals surface area contributed by atoms with Crippen molar-refractivity contribution in [2.75, 3.05) is 46.3 Å². The van der Waals surface area contributed by atoms with Crippen LogP contribution in [0, 0.1) is 0 Å². The SMILES string of the molecule is C=CC(=O)N(CC)CC(=O)N1CCN(C(=O)N(C)Cc2ccccc2)CC1. The van der Waals surface area contributed by atoms with Crippen LogP contribution >= 0.6 is 0 Å². The summed E-state index contributed by atoms with van der Waals surface area (Å²) in [5.41, 5.74) is 1.08. The van der Waals surface area contributed by atoms with Gasteiger partial charge in [-0.15, -0.1) is 0 Å². The molecule has 1 fully saturated rings. The number of likely N-dealkylation sites (N-methyl/N-ethyl adjacent to an activating group) is 1. The second kappa shape index (κ2) is 9.75. The molecule has 1 saturated heterocycles. The maximum absolute atomic E-state index is 12.6. The van der Waals surface area contributed by atoms with Gasteiger partial charge in [-0.25, -0.2) is 4.79 Å². The zero-order valence-electron chi connectivity index (χ0n) is 16.1. The van der Waals surface area contributed by atoms with Crippen LogP contribution in [-0.4, -0.2) is 83.8 Å². The van der Waals surface area contributed by atoms with E-state index in [0.717, 1.165) is 5.56 Å². The minimum absolute atomic E-state index is 0.0389. The average molecular weight is 372 g/mol. The maximum atomic E-state index is 12.6. The molecule has 1 aromatic carbocycles. The fraction of sp³-hybridized carbons (Fsp3) is 0.450. The first-order chi connectivity index (χ1) is 13.0. The third kappa shape index (κ3) is 5.57. The van der Waals surface area contributed by atoms with Gasteiger partial charge in [-0.2, -0.15) is 0 Å². The summed E-state index contributed by atoms with van der Waals surface area (Å²) < 4.78 is 0. The summed E-state index contributed by atoms with van der Waals surface area (Å²) >= 11 is 0. The Kier molecular flexibility index (Phi) is 7.40. The minimum atomic E-state index is -0.248. The Morgan fingerprint density at radius 2 is 1.67 bits per heavy atom. The molecule has 1 aliphatic heterocycles. The molecule has 1 aromatic rings. The number of hydrogen-bond donors (Lipinski definition) is 0.